The lowest BCUT2D eigenvalue weighted by Gasteiger charge is -2.36. The van der Waals surface area contributed by atoms with Crippen molar-refractivity contribution in [1.82, 2.24) is 4.90 Å². The predicted molar refractivity (Wildman–Crippen MR) is 111 cm³/mol. The number of piperidine rings is 1. The van der Waals surface area contributed by atoms with Gasteiger partial charge in [0.25, 0.3) is 5.91 Å². The van der Waals surface area contributed by atoms with E-state index < -0.39 is 5.54 Å². The number of amides is 2. The molecule has 30 heavy (non-hydrogen) atoms. The minimum absolute atomic E-state index is 0.103. The van der Waals surface area contributed by atoms with Gasteiger partial charge in [0.1, 0.15) is 18.3 Å². The maximum atomic E-state index is 13.1. The number of esters is 1. The molecule has 1 aromatic rings. The molecule has 1 aliphatic heterocycles. The molecular weight excluding hydrogens is 389 g/mol. The first-order valence-corrected chi connectivity index (χ1v) is 10.5. The lowest BCUT2D eigenvalue weighted by atomic mass is 9.98. The van der Waals surface area contributed by atoms with E-state index in [9.17, 15) is 18.8 Å². The molecular formula is C22H33FN3O4+. The molecule has 0 saturated carbocycles. The van der Waals surface area contributed by atoms with Crippen molar-refractivity contribution in [1.29, 1.82) is 0 Å². The molecule has 2 rings (SSSR count). The number of carbonyl (C=O) groups excluding carboxylic acids is 3. The van der Waals surface area contributed by atoms with E-state index in [4.69, 9.17) is 4.74 Å². The van der Waals surface area contributed by atoms with Gasteiger partial charge in [-0.1, -0.05) is 0 Å². The second-order valence-corrected chi connectivity index (χ2v) is 8.68. The number of ether oxygens (including phenoxy) is 1. The zero-order valence-electron chi connectivity index (χ0n) is 18.3. The Kier molecular flexibility index (Phi) is 8.34. The zero-order valence-corrected chi connectivity index (χ0v) is 18.3. The highest BCUT2D eigenvalue weighted by Gasteiger charge is 2.34. The molecule has 2 atom stereocenters. The number of rotatable bonds is 7. The third-order valence-electron chi connectivity index (χ3n) is 5.18. The van der Waals surface area contributed by atoms with Crippen molar-refractivity contribution in [2.24, 2.45) is 5.92 Å². The summed E-state index contributed by atoms with van der Waals surface area (Å²) in [6, 6.07) is 5.48. The van der Waals surface area contributed by atoms with Crippen LogP contribution in [0.15, 0.2) is 24.3 Å². The van der Waals surface area contributed by atoms with E-state index in [2.05, 4.69) is 5.32 Å². The van der Waals surface area contributed by atoms with Gasteiger partial charge in [0.05, 0.1) is 19.7 Å². The molecule has 1 aliphatic rings. The number of hydrogen-bond donors (Lipinski definition) is 2. The van der Waals surface area contributed by atoms with Crippen LogP contribution in [0.3, 0.4) is 0 Å². The number of quaternary nitrogens is 1. The van der Waals surface area contributed by atoms with Crippen LogP contribution in [0.1, 0.15) is 40.5 Å². The van der Waals surface area contributed by atoms with E-state index in [0.29, 0.717) is 18.8 Å². The largest absolute Gasteiger partial charge is 0.466 e. The second kappa shape index (κ2) is 10.5. The highest BCUT2D eigenvalue weighted by molar-refractivity contribution is 5.94. The lowest BCUT2D eigenvalue weighted by Crippen LogP contribution is -3.15. The van der Waals surface area contributed by atoms with Crippen molar-refractivity contribution in [3.8, 4) is 0 Å². The van der Waals surface area contributed by atoms with Crippen molar-refractivity contribution in [2.75, 3.05) is 38.1 Å². The van der Waals surface area contributed by atoms with E-state index in [1.807, 2.05) is 20.8 Å². The summed E-state index contributed by atoms with van der Waals surface area (Å²) < 4.78 is 18.2. The fraction of sp³-hybridized carbons (Fsp3) is 0.591. The summed E-state index contributed by atoms with van der Waals surface area (Å²) in [5.74, 6) is -1.26. The molecule has 1 heterocycles. The van der Waals surface area contributed by atoms with Gasteiger partial charge in [0, 0.05) is 11.2 Å². The maximum Gasteiger partial charge on any atom is 0.314 e. The van der Waals surface area contributed by atoms with Gasteiger partial charge < -0.3 is 19.9 Å². The number of nitrogens with zero attached hydrogens (tertiary/aromatic N) is 1. The van der Waals surface area contributed by atoms with E-state index in [0.717, 1.165) is 24.3 Å². The molecule has 7 nitrogen and oxygen atoms in total. The summed E-state index contributed by atoms with van der Waals surface area (Å²) >= 11 is 0. The van der Waals surface area contributed by atoms with E-state index in [-0.39, 0.29) is 42.6 Å². The molecule has 1 unspecified atom stereocenters. The minimum Gasteiger partial charge on any atom is -0.466 e. The zero-order chi connectivity index (χ0) is 22.3. The van der Waals surface area contributed by atoms with Crippen LogP contribution in [-0.4, -0.2) is 61.0 Å². The Labute approximate surface area is 177 Å². The smallest absolute Gasteiger partial charge is 0.314 e. The standard InChI is InChI=1S/C22H32FN3O4/c1-5-30-21(29)16-7-6-12-25(13-16)15-20(28)26(22(2,3)4)14-19(27)24-18-10-8-17(23)9-11-18/h8-11,16H,5-7,12-15H2,1-4H3,(H,24,27)/p+1/t16-/m1/s1. The molecule has 166 valence electrons. The summed E-state index contributed by atoms with van der Waals surface area (Å²) in [5, 5.41) is 2.70. The van der Waals surface area contributed by atoms with Crippen molar-refractivity contribution >= 4 is 23.5 Å². The van der Waals surface area contributed by atoms with Crippen LogP contribution < -0.4 is 10.2 Å². The van der Waals surface area contributed by atoms with Gasteiger partial charge >= 0.3 is 5.97 Å². The first-order valence-electron chi connectivity index (χ1n) is 10.5. The number of halogens is 1. The monoisotopic (exact) mass is 422 g/mol. The highest BCUT2D eigenvalue weighted by atomic mass is 19.1. The van der Waals surface area contributed by atoms with Gasteiger partial charge in [-0.3, -0.25) is 14.4 Å². The fourth-order valence-electron chi connectivity index (χ4n) is 3.66. The van der Waals surface area contributed by atoms with Crippen LogP contribution >= 0.6 is 0 Å². The Morgan fingerprint density at radius 3 is 2.50 bits per heavy atom. The topological polar surface area (TPSA) is 80.2 Å². The molecule has 0 spiro atoms. The summed E-state index contributed by atoms with van der Waals surface area (Å²) in [5.41, 5.74) is -0.0749. The van der Waals surface area contributed by atoms with Crippen molar-refractivity contribution in [3.63, 3.8) is 0 Å². The Morgan fingerprint density at radius 1 is 1.23 bits per heavy atom. The molecule has 0 bridgehead atoms. The predicted octanol–water partition coefficient (Wildman–Crippen LogP) is 1.25. The molecule has 1 aromatic carbocycles. The Morgan fingerprint density at radius 2 is 1.90 bits per heavy atom. The fourth-order valence-corrected chi connectivity index (χ4v) is 3.66. The summed E-state index contributed by atoms with van der Waals surface area (Å²) in [6.45, 7) is 9.25. The lowest BCUT2D eigenvalue weighted by molar-refractivity contribution is -0.899. The first kappa shape index (κ1) is 23.8. The van der Waals surface area contributed by atoms with Gasteiger partial charge in [-0.2, -0.15) is 0 Å². The third kappa shape index (κ3) is 7.09. The van der Waals surface area contributed by atoms with Crippen LogP contribution in [0.25, 0.3) is 0 Å². The molecule has 2 amide bonds. The summed E-state index contributed by atoms with van der Waals surface area (Å²) in [6.07, 6.45) is 1.63. The molecule has 8 heteroatoms. The normalized spacial score (nSPS) is 19.1. The SMILES string of the molecule is CCOC(=O)[C@@H]1CCC[NH+](CC(=O)N(CC(=O)Nc2ccc(F)cc2)C(C)(C)C)C1. The van der Waals surface area contributed by atoms with Gasteiger partial charge in [0.2, 0.25) is 5.91 Å². The Bertz CT molecular complexity index is 746. The van der Waals surface area contributed by atoms with Gasteiger partial charge in [0.15, 0.2) is 6.54 Å². The van der Waals surface area contributed by atoms with Crippen molar-refractivity contribution < 1.29 is 28.4 Å². The molecule has 1 saturated heterocycles. The quantitative estimate of drug-likeness (QED) is 0.648. The summed E-state index contributed by atoms with van der Waals surface area (Å²) in [7, 11) is 0. The molecule has 0 aromatic heterocycles. The van der Waals surface area contributed by atoms with Gasteiger partial charge in [-0.25, -0.2) is 4.39 Å². The Balaban J connectivity index is 1.98. The van der Waals surface area contributed by atoms with Gasteiger partial charge in [-0.15, -0.1) is 0 Å². The number of benzene rings is 1. The van der Waals surface area contributed by atoms with Crippen LogP contribution in [0.2, 0.25) is 0 Å². The van der Waals surface area contributed by atoms with Crippen LogP contribution in [0.4, 0.5) is 10.1 Å². The third-order valence-corrected chi connectivity index (χ3v) is 5.18. The number of anilines is 1. The highest BCUT2D eigenvalue weighted by Crippen LogP contribution is 2.15. The average Bonchev–Trinajstić information content (AvgIpc) is 2.67. The number of carbonyl (C=O) groups is 3. The van der Waals surface area contributed by atoms with Crippen molar-refractivity contribution in [2.45, 2.75) is 46.1 Å². The van der Waals surface area contributed by atoms with Gasteiger partial charge in [-0.05, 0) is 64.8 Å². The average molecular weight is 423 g/mol. The first-order chi connectivity index (χ1) is 14.1. The molecule has 2 N–H and O–H groups in total. The summed E-state index contributed by atoms with van der Waals surface area (Å²) in [4.78, 5) is 40.2. The maximum absolute atomic E-state index is 13.1. The van der Waals surface area contributed by atoms with Crippen molar-refractivity contribution in [3.05, 3.63) is 30.1 Å². The Hall–Kier alpha value is -2.48. The molecule has 0 radical (unpaired) electrons. The van der Waals surface area contributed by atoms with Crippen LogP contribution in [-0.2, 0) is 19.1 Å². The minimum atomic E-state index is -0.549. The van der Waals surface area contributed by atoms with E-state index in [1.165, 1.54) is 24.3 Å². The number of likely N-dealkylation sites (tertiary alicyclic amines) is 1. The second-order valence-electron chi connectivity index (χ2n) is 8.68. The van der Waals surface area contributed by atoms with E-state index in [1.54, 1.807) is 11.8 Å². The van der Waals surface area contributed by atoms with E-state index >= 15 is 0 Å². The molecule has 1 fully saturated rings. The number of hydrogen-bond acceptors (Lipinski definition) is 4. The van der Waals surface area contributed by atoms with Crippen LogP contribution in [0.5, 0.6) is 0 Å². The van der Waals surface area contributed by atoms with Crippen LogP contribution in [0, 0.1) is 11.7 Å². The number of nitrogens with one attached hydrogen (secondary N) is 2. The molecule has 0 aliphatic carbocycles.